The summed E-state index contributed by atoms with van der Waals surface area (Å²) in [6, 6.07) is 0. The van der Waals surface area contributed by atoms with Crippen molar-refractivity contribution >= 4 is 19.8 Å². The third-order valence-corrected chi connectivity index (χ3v) is 15.4. The Balaban J connectivity index is 3.71. The lowest BCUT2D eigenvalue weighted by Gasteiger charge is -2.19. The van der Waals surface area contributed by atoms with Gasteiger partial charge in [-0.2, -0.15) is 0 Å². The predicted molar refractivity (Wildman–Crippen MR) is 330 cm³/mol. The number of carbonyl (C=O) groups excluding carboxylic acids is 2. The molecule has 450 valence electrons. The van der Waals surface area contributed by atoms with E-state index in [-0.39, 0.29) is 38.6 Å². The summed E-state index contributed by atoms with van der Waals surface area (Å²) >= 11 is 0. The van der Waals surface area contributed by atoms with E-state index in [0.717, 1.165) is 77.0 Å². The average Bonchev–Trinajstić information content (AvgIpc) is 3.42. The molecule has 0 aromatic carbocycles. The van der Waals surface area contributed by atoms with Gasteiger partial charge in [0.2, 0.25) is 0 Å². The summed E-state index contributed by atoms with van der Waals surface area (Å²) < 4.78 is 33.0. The van der Waals surface area contributed by atoms with Gasteiger partial charge in [0.1, 0.15) is 6.61 Å². The molecule has 2 atom stereocenters. The zero-order valence-corrected chi connectivity index (χ0v) is 51.3. The second-order valence-corrected chi connectivity index (χ2v) is 23.4. The van der Waals surface area contributed by atoms with Crippen LogP contribution in [0.1, 0.15) is 322 Å². The van der Waals surface area contributed by atoms with Crippen molar-refractivity contribution in [1.82, 2.24) is 0 Å². The van der Waals surface area contributed by atoms with Crippen molar-refractivity contribution in [3.8, 4) is 0 Å². The number of phosphoric ester groups is 1. The summed E-state index contributed by atoms with van der Waals surface area (Å²) in [5.41, 5.74) is 5.38. The van der Waals surface area contributed by atoms with Crippen LogP contribution in [-0.2, 0) is 32.7 Å². The Hall–Kier alpha value is -2.29. The van der Waals surface area contributed by atoms with Crippen molar-refractivity contribution in [1.29, 1.82) is 0 Å². The number of carbonyl (C=O) groups is 2. The quantitative estimate of drug-likeness (QED) is 0.0264. The van der Waals surface area contributed by atoms with Crippen molar-refractivity contribution in [2.24, 2.45) is 5.73 Å². The van der Waals surface area contributed by atoms with Crippen molar-refractivity contribution in [2.45, 2.75) is 328 Å². The molecule has 10 heteroatoms. The topological polar surface area (TPSA) is 134 Å². The first-order chi connectivity index (χ1) is 37.8. The third-order valence-electron chi connectivity index (χ3n) is 14.4. The summed E-state index contributed by atoms with van der Waals surface area (Å²) in [5.74, 6) is -0.837. The van der Waals surface area contributed by atoms with Crippen LogP contribution in [0.15, 0.2) is 60.8 Å². The fraction of sp³-hybridized carbons (Fsp3) is 0.821. The van der Waals surface area contributed by atoms with E-state index in [1.807, 2.05) is 0 Å². The lowest BCUT2D eigenvalue weighted by Crippen LogP contribution is -2.29. The highest BCUT2D eigenvalue weighted by atomic mass is 31.2. The van der Waals surface area contributed by atoms with Crippen LogP contribution in [0.5, 0.6) is 0 Å². The van der Waals surface area contributed by atoms with Gasteiger partial charge in [0.25, 0.3) is 0 Å². The summed E-state index contributed by atoms with van der Waals surface area (Å²) in [7, 11) is -4.39. The van der Waals surface area contributed by atoms with Crippen molar-refractivity contribution in [3.05, 3.63) is 60.8 Å². The van der Waals surface area contributed by atoms with Crippen LogP contribution < -0.4 is 5.73 Å². The standard InChI is InChI=1S/C67H124NO8P/c1-3-5-7-9-11-13-15-17-19-20-21-22-23-24-25-26-27-28-29-30-31-32-33-34-35-36-37-38-39-40-41-42-43-44-46-47-49-51-53-55-57-59-66(69)73-63-65(64-75-77(71,72)74-62-61-68)76-67(70)60-58-56-54-52-50-48-45-18-16-14-12-10-8-6-4-2/h6,8,12,14-15,17-18,20-21,45,65H,3-5,7,9-11,13,16,19,22-44,46-64,68H2,1-2H3,(H,71,72)/b8-6-,14-12-,17-15-,21-20-,45-18-. The van der Waals surface area contributed by atoms with Gasteiger partial charge in [0, 0.05) is 19.4 Å². The van der Waals surface area contributed by atoms with Gasteiger partial charge in [-0.1, -0.05) is 293 Å². The van der Waals surface area contributed by atoms with Gasteiger partial charge in [-0.15, -0.1) is 0 Å². The van der Waals surface area contributed by atoms with E-state index in [9.17, 15) is 19.0 Å². The van der Waals surface area contributed by atoms with Crippen LogP contribution in [0.3, 0.4) is 0 Å². The maximum absolute atomic E-state index is 12.7. The fourth-order valence-corrected chi connectivity index (χ4v) is 10.3. The highest BCUT2D eigenvalue weighted by Crippen LogP contribution is 2.43. The Kier molecular flexibility index (Phi) is 61.0. The predicted octanol–water partition coefficient (Wildman–Crippen LogP) is 21.1. The van der Waals surface area contributed by atoms with Crippen molar-refractivity contribution in [3.63, 3.8) is 0 Å². The van der Waals surface area contributed by atoms with Gasteiger partial charge in [0.15, 0.2) is 6.10 Å². The largest absolute Gasteiger partial charge is 0.472 e. The number of allylic oxidation sites excluding steroid dienone is 10. The molecule has 0 bridgehead atoms. The van der Waals surface area contributed by atoms with E-state index in [0.29, 0.717) is 6.42 Å². The zero-order chi connectivity index (χ0) is 55.9. The summed E-state index contributed by atoms with van der Waals surface area (Å²) in [5, 5.41) is 0. The van der Waals surface area contributed by atoms with Crippen LogP contribution in [0.4, 0.5) is 0 Å². The van der Waals surface area contributed by atoms with Crippen LogP contribution >= 0.6 is 7.82 Å². The van der Waals surface area contributed by atoms with Gasteiger partial charge in [-0.05, 0) is 77.0 Å². The summed E-state index contributed by atoms with van der Waals surface area (Å²) in [6.45, 7) is 3.63. The minimum atomic E-state index is -4.39. The Labute approximate surface area is 476 Å². The minimum absolute atomic E-state index is 0.0500. The molecular formula is C67H124NO8P. The van der Waals surface area contributed by atoms with E-state index in [1.165, 1.54) is 212 Å². The van der Waals surface area contributed by atoms with Gasteiger partial charge in [-0.25, -0.2) is 4.57 Å². The summed E-state index contributed by atoms with van der Waals surface area (Å²) in [6.07, 6.45) is 80.5. The molecule has 2 unspecified atom stereocenters. The van der Waals surface area contributed by atoms with Crippen molar-refractivity contribution in [2.75, 3.05) is 26.4 Å². The SMILES string of the molecule is CC/C=C\C/C=C\C/C=C\CCCCCCCC(=O)OC(COC(=O)CCCCCCCCCCCCCCCCCCCCCCCCCCCCCCC/C=C\C/C=C\CCCCCCC)COP(=O)(O)OCCN. The maximum Gasteiger partial charge on any atom is 0.472 e. The molecule has 0 saturated carbocycles. The van der Waals surface area contributed by atoms with Crippen LogP contribution in [0.2, 0.25) is 0 Å². The highest BCUT2D eigenvalue weighted by Gasteiger charge is 2.26. The number of ether oxygens (including phenoxy) is 2. The van der Waals surface area contributed by atoms with E-state index in [2.05, 4.69) is 74.6 Å². The maximum atomic E-state index is 12.7. The second kappa shape index (κ2) is 62.9. The average molecular weight is 1100 g/mol. The Bertz CT molecular complexity index is 1440. The van der Waals surface area contributed by atoms with Gasteiger partial charge >= 0.3 is 19.8 Å². The van der Waals surface area contributed by atoms with E-state index >= 15 is 0 Å². The number of rotatable bonds is 62. The van der Waals surface area contributed by atoms with Crippen LogP contribution in [0.25, 0.3) is 0 Å². The van der Waals surface area contributed by atoms with E-state index in [4.69, 9.17) is 24.3 Å². The number of hydrogen-bond acceptors (Lipinski definition) is 8. The van der Waals surface area contributed by atoms with Gasteiger partial charge in [-0.3, -0.25) is 18.6 Å². The molecule has 0 saturated heterocycles. The minimum Gasteiger partial charge on any atom is -0.462 e. The lowest BCUT2D eigenvalue weighted by atomic mass is 10.0. The first-order valence-corrected chi connectivity index (χ1v) is 34.3. The molecule has 0 aromatic rings. The Morgan fingerprint density at radius 2 is 0.714 bits per heavy atom. The number of phosphoric acid groups is 1. The number of unbranched alkanes of at least 4 members (excludes halogenated alkanes) is 39. The Morgan fingerprint density at radius 3 is 1.06 bits per heavy atom. The molecule has 0 fully saturated rings. The van der Waals surface area contributed by atoms with Crippen molar-refractivity contribution < 1.29 is 37.6 Å². The summed E-state index contributed by atoms with van der Waals surface area (Å²) in [4.78, 5) is 35.1. The van der Waals surface area contributed by atoms with Gasteiger partial charge < -0.3 is 20.1 Å². The fourth-order valence-electron chi connectivity index (χ4n) is 9.57. The molecule has 0 aliphatic heterocycles. The molecule has 77 heavy (non-hydrogen) atoms. The third kappa shape index (κ3) is 62.8. The molecule has 0 radical (unpaired) electrons. The Morgan fingerprint density at radius 1 is 0.403 bits per heavy atom. The smallest absolute Gasteiger partial charge is 0.462 e. The van der Waals surface area contributed by atoms with Crippen LogP contribution in [-0.4, -0.2) is 49.3 Å². The molecule has 0 aliphatic rings. The molecule has 0 rings (SSSR count). The lowest BCUT2D eigenvalue weighted by molar-refractivity contribution is -0.161. The van der Waals surface area contributed by atoms with E-state index in [1.54, 1.807) is 0 Å². The highest BCUT2D eigenvalue weighted by molar-refractivity contribution is 7.47. The molecule has 0 aromatic heterocycles. The van der Waals surface area contributed by atoms with Crippen LogP contribution in [0, 0.1) is 0 Å². The molecule has 0 aliphatic carbocycles. The zero-order valence-electron chi connectivity index (χ0n) is 50.4. The molecule has 0 spiro atoms. The number of esters is 2. The number of hydrogen-bond donors (Lipinski definition) is 2. The molecule has 0 heterocycles. The monoisotopic (exact) mass is 1100 g/mol. The normalized spacial score (nSPS) is 13.4. The second-order valence-electron chi connectivity index (χ2n) is 22.0. The molecule has 9 nitrogen and oxygen atoms in total. The molecule has 3 N–H and O–H groups in total. The first-order valence-electron chi connectivity index (χ1n) is 32.8. The first kappa shape index (κ1) is 74.7. The molecular weight excluding hydrogens is 978 g/mol. The molecule has 0 amide bonds. The van der Waals surface area contributed by atoms with E-state index < -0.39 is 26.5 Å². The number of nitrogens with two attached hydrogens (primary N) is 1. The van der Waals surface area contributed by atoms with Gasteiger partial charge in [0.05, 0.1) is 13.2 Å².